The molecule has 0 spiro atoms. The third-order valence-electron chi connectivity index (χ3n) is 5.23. The molecule has 4 rings (SSSR count). The van der Waals surface area contributed by atoms with Gasteiger partial charge in [0.15, 0.2) is 6.61 Å². The fourth-order valence-electron chi connectivity index (χ4n) is 3.65. The van der Waals surface area contributed by atoms with Gasteiger partial charge in [-0.1, -0.05) is 48.5 Å². The van der Waals surface area contributed by atoms with Crippen molar-refractivity contribution in [3.8, 4) is 5.75 Å². The molecule has 5 nitrogen and oxygen atoms in total. The number of hydrogen-bond acceptors (Lipinski definition) is 4. The highest BCUT2D eigenvalue weighted by Crippen LogP contribution is 2.31. The summed E-state index contributed by atoms with van der Waals surface area (Å²) in [6.45, 7) is 2.52. The van der Waals surface area contributed by atoms with E-state index in [9.17, 15) is 9.59 Å². The average Bonchev–Trinajstić information content (AvgIpc) is 3.27. The molecular weight excluding hydrogens is 396 g/mol. The van der Waals surface area contributed by atoms with Gasteiger partial charge >= 0.3 is 0 Å². The highest BCUT2D eigenvalue weighted by molar-refractivity contribution is 7.09. The molecule has 154 valence electrons. The number of anilines is 1. The van der Waals surface area contributed by atoms with Crippen LogP contribution in [0.4, 0.5) is 5.69 Å². The van der Waals surface area contributed by atoms with E-state index in [1.54, 1.807) is 11.3 Å². The van der Waals surface area contributed by atoms with E-state index in [4.69, 9.17) is 4.74 Å². The van der Waals surface area contributed by atoms with Crippen molar-refractivity contribution in [1.82, 2.24) is 4.90 Å². The SMILES string of the molecule is C[C@@H](Cc1cccs1)N(Cc1ccccc1)C(=O)CN1C(=O)COc2ccccc21. The first-order valence-electron chi connectivity index (χ1n) is 10.00. The third kappa shape index (κ3) is 4.54. The first kappa shape index (κ1) is 20.2. The number of para-hydroxylation sites is 2. The van der Waals surface area contributed by atoms with Crippen molar-refractivity contribution in [2.75, 3.05) is 18.1 Å². The number of carbonyl (C=O) groups is 2. The smallest absolute Gasteiger partial charge is 0.265 e. The van der Waals surface area contributed by atoms with Gasteiger partial charge < -0.3 is 9.64 Å². The van der Waals surface area contributed by atoms with Crippen molar-refractivity contribution >= 4 is 28.8 Å². The van der Waals surface area contributed by atoms with Gasteiger partial charge in [-0.25, -0.2) is 0 Å². The summed E-state index contributed by atoms with van der Waals surface area (Å²) in [6.07, 6.45) is 0.782. The van der Waals surface area contributed by atoms with Crippen molar-refractivity contribution in [2.24, 2.45) is 0 Å². The number of benzene rings is 2. The van der Waals surface area contributed by atoms with Crippen molar-refractivity contribution in [3.63, 3.8) is 0 Å². The molecule has 0 saturated heterocycles. The van der Waals surface area contributed by atoms with Crippen LogP contribution in [0.15, 0.2) is 72.1 Å². The number of rotatable bonds is 7. The van der Waals surface area contributed by atoms with Crippen LogP contribution < -0.4 is 9.64 Å². The fourth-order valence-corrected chi connectivity index (χ4v) is 4.48. The van der Waals surface area contributed by atoms with Gasteiger partial charge in [0.1, 0.15) is 12.3 Å². The average molecular weight is 421 g/mol. The molecular formula is C24H24N2O3S. The number of amides is 2. The maximum atomic E-state index is 13.4. The van der Waals surface area contributed by atoms with Crippen molar-refractivity contribution < 1.29 is 14.3 Å². The van der Waals surface area contributed by atoms with Crippen molar-refractivity contribution in [3.05, 3.63) is 82.6 Å². The van der Waals surface area contributed by atoms with E-state index in [2.05, 4.69) is 18.4 Å². The molecule has 0 saturated carbocycles. The molecule has 0 aliphatic carbocycles. The van der Waals surface area contributed by atoms with Gasteiger partial charge in [0.25, 0.3) is 5.91 Å². The summed E-state index contributed by atoms with van der Waals surface area (Å²) in [5.74, 6) is 0.353. The number of carbonyl (C=O) groups excluding carboxylic acids is 2. The number of nitrogens with zero attached hydrogens (tertiary/aromatic N) is 2. The molecule has 0 unspecified atom stereocenters. The molecule has 0 radical (unpaired) electrons. The maximum Gasteiger partial charge on any atom is 0.265 e. The summed E-state index contributed by atoms with van der Waals surface area (Å²) in [5, 5.41) is 2.05. The lowest BCUT2D eigenvalue weighted by molar-refractivity contribution is -0.134. The minimum Gasteiger partial charge on any atom is -0.482 e. The highest BCUT2D eigenvalue weighted by Gasteiger charge is 2.30. The second-order valence-corrected chi connectivity index (χ2v) is 8.41. The van der Waals surface area contributed by atoms with Gasteiger partial charge in [0.05, 0.1) is 5.69 Å². The number of fused-ring (bicyclic) bond motifs is 1. The van der Waals surface area contributed by atoms with Crippen molar-refractivity contribution in [2.45, 2.75) is 25.9 Å². The first-order chi connectivity index (χ1) is 14.6. The normalized spacial score (nSPS) is 14.0. The lowest BCUT2D eigenvalue weighted by Gasteiger charge is -2.34. The minimum absolute atomic E-state index is 0.000814. The van der Waals surface area contributed by atoms with Gasteiger partial charge in [-0.05, 0) is 36.1 Å². The standard InChI is InChI=1S/C24H24N2O3S/c1-18(14-20-10-7-13-30-20)25(15-19-8-3-2-4-9-19)23(27)16-26-21-11-5-6-12-22(21)29-17-24(26)28/h2-13,18H,14-17H2,1H3/t18-/m0/s1. The zero-order valence-corrected chi connectivity index (χ0v) is 17.7. The van der Waals surface area contributed by atoms with Gasteiger partial charge in [-0.2, -0.15) is 0 Å². The van der Waals surface area contributed by atoms with Crippen molar-refractivity contribution in [1.29, 1.82) is 0 Å². The fraction of sp³-hybridized carbons (Fsp3) is 0.250. The molecule has 2 amide bonds. The predicted molar refractivity (Wildman–Crippen MR) is 119 cm³/mol. The van der Waals surface area contributed by atoms with Crippen LogP contribution in [0.3, 0.4) is 0 Å². The lowest BCUT2D eigenvalue weighted by atomic mass is 10.1. The predicted octanol–water partition coefficient (Wildman–Crippen LogP) is 4.13. The Morgan fingerprint density at radius 1 is 1.10 bits per heavy atom. The number of thiophene rings is 1. The van der Waals surface area contributed by atoms with Gasteiger partial charge in [-0.3, -0.25) is 14.5 Å². The summed E-state index contributed by atoms with van der Waals surface area (Å²) < 4.78 is 5.51. The summed E-state index contributed by atoms with van der Waals surface area (Å²) in [6, 6.07) is 21.4. The van der Waals surface area contributed by atoms with E-state index in [-0.39, 0.29) is 31.0 Å². The molecule has 0 bridgehead atoms. The topological polar surface area (TPSA) is 49.9 Å². The van der Waals surface area contributed by atoms with Gasteiger partial charge in [0, 0.05) is 23.9 Å². The van der Waals surface area contributed by atoms with Gasteiger partial charge in [0.2, 0.25) is 5.91 Å². The van der Waals surface area contributed by atoms with Gasteiger partial charge in [-0.15, -0.1) is 11.3 Å². The Morgan fingerprint density at radius 3 is 2.63 bits per heavy atom. The monoisotopic (exact) mass is 420 g/mol. The van der Waals surface area contributed by atoms with E-state index in [0.29, 0.717) is 18.0 Å². The molecule has 2 heterocycles. The molecule has 1 aromatic heterocycles. The second kappa shape index (κ2) is 9.13. The number of ether oxygens (including phenoxy) is 1. The molecule has 0 N–H and O–H groups in total. The van der Waals surface area contributed by atoms with Crippen LogP contribution >= 0.6 is 11.3 Å². The van der Waals surface area contributed by atoms with Crippen LogP contribution in [0.1, 0.15) is 17.4 Å². The molecule has 1 atom stereocenters. The van der Waals surface area contributed by atoms with E-state index >= 15 is 0 Å². The Morgan fingerprint density at radius 2 is 1.87 bits per heavy atom. The number of hydrogen-bond donors (Lipinski definition) is 0. The largest absolute Gasteiger partial charge is 0.482 e. The van der Waals surface area contributed by atoms with Crippen LogP contribution in [0.2, 0.25) is 0 Å². The zero-order chi connectivity index (χ0) is 20.9. The van der Waals surface area contributed by atoms with Crippen LogP contribution in [0.5, 0.6) is 5.75 Å². The first-order valence-corrected chi connectivity index (χ1v) is 10.9. The van der Waals surface area contributed by atoms with Crippen LogP contribution in [-0.4, -0.2) is 35.9 Å². The molecule has 2 aromatic carbocycles. The molecule has 6 heteroatoms. The van der Waals surface area contributed by atoms with E-state index in [1.165, 1.54) is 9.78 Å². The summed E-state index contributed by atoms with van der Waals surface area (Å²) >= 11 is 1.69. The maximum absolute atomic E-state index is 13.4. The quantitative estimate of drug-likeness (QED) is 0.577. The lowest BCUT2D eigenvalue weighted by Crippen LogP contribution is -2.48. The van der Waals surface area contributed by atoms with E-state index in [1.807, 2.05) is 65.6 Å². The van der Waals surface area contributed by atoms with Crippen LogP contribution in [0.25, 0.3) is 0 Å². The second-order valence-electron chi connectivity index (χ2n) is 7.38. The summed E-state index contributed by atoms with van der Waals surface area (Å²) in [5.41, 5.74) is 1.71. The Labute approximate surface area is 180 Å². The Hall–Kier alpha value is -3.12. The Balaban J connectivity index is 1.56. The zero-order valence-electron chi connectivity index (χ0n) is 16.9. The minimum atomic E-state index is -0.201. The highest BCUT2D eigenvalue weighted by atomic mass is 32.1. The Kier molecular flexibility index (Phi) is 6.14. The molecule has 30 heavy (non-hydrogen) atoms. The summed E-state index contributed by atoms with van der Waals surface area (Å²) in [7, 11) is 0. The molecule has 1 aliphatic rings. The molecule has 1 aliphatic heterocycles. The molecule has 3 aromatic rings. The summed E-state index contributed by atoms with van der Waals surface area (Å²) in [4.78, 5) is 30.6. The molecule has 0 fully saturated rings. The Bertz CT molecular complexity index is 1000. The third-order valence-corrected chi connectivity index (χ3v) is 6.13. The van der Waals surface area contributed by atoms with Crippen LogP contribution in [-0.2, 0) is 22.6 Å². The van der Waals surface area contributed by atoms with Crippen LogP contribution in [0, 0.1) is 0 Å². The van der Waals surface area contributed by atoms with E-state index in [0.717, 1.165) is 12.0 Å². The van der Waals surface area contributed by atoms with E-state index < -0.39 is 0 Å².